The maximum atomic E-state index is 12.8. The predicted octanol–water partition coefficient (Wildman–Crippen LogP) is 0.326. The van der Waals surface area contributed by atoms with Crippen LogP contribution in [0.1, 0.15) is 30.7 Å². The maximum absolute atomic E-state index is 12.8. The molecule has 0 atom stereocenters. The minimum absolute atomic E-state index is 0.00165. The third-order valence-electron chi connectivity index (χ3n) is 5.87. The van der Waals surface area contributed by atoms with Crippen molar-refractivity contribution in [3.63, 3.8) is 0 Å². The third kappa shape index (κ3) is 3.58. The molecule has 3 aromatic rings. The molecule has 1 fully saturated rings. The molecule has 1 aromatic carbocycles. The normalized spacial score (nSPS) is 21.2. The Balaban J connectivity index is 1.33. The summed E-state index contributed by atoms with van der Waals surface area (Å²) in [5, 5.41) is 34.9. The molecule has 2 aromatic heterocycles. The molecule has 2 aliphatic rings. The number of benzene rings is 1. The van der Waals surface area contributed by atoms with Crippen LogP contribution in [0.2, 0.25) is 5.02 Å². The van der Waals surface area contributed by atoms with Gasteiger partial charge in [0.2, 0.25) is 5.91 Å². The highest BCUT2D eigenvalue weighted by Crippen LogP contribution is 2.41. The Kier molecular flexibility index (Phi) is 4.86. The Morgan fingerprint density at radius 1 is 1.06 bits per heavy atom. The van der Waals surface area contributed by atoms with Crippen molar-refractivity contribution in [1.82, 2.24) is 24.1 Å². The highest BCUT2D eigenvalue weighted by molar-refractivity contribution is 6.30. The second-order valence-electron chi connectivity index (χ2n) is 8.02. The smallest absolute Gasteiger partial charge is 0.325 e. The quantitative estimate of drug-likeness (QED) is 0.467. The minimum Gasteiger partial charge on any atom is -0.325 e. The van der Waals surface area contributed by atoms with E-state index in [1.54, 1.807) is 0 Å². The molecule has 1 aliphatic heterocycles. The Morgan fingerprint density at radius 2 is 1.75 bits per heavy atom. The van der Waals surface area contributed by atoms with Gasteiger partial charge in [-0.05, 0) is 36.5 Å². The fraction of sp³-hybridized carbons (Fsp3) is 0.350. The molecule has 1 saturated carbocycles. The zero-order valence-electron chi connectivity index (χ0n) is 16.7. The molecule has 11 nitrogen and oxygen atoms in total. The van der Waals surface area contributed by atoms with Crippen molar-refractivity contribution in [2.24, 2.45) is 5.10 Å². The van der Waals surface area contributed by atoms with Crippen LogP contribution in [0.25, 0.3) is 11.2 Å². The van der Waals surface area contributed by atoms with Crippen LogP contribution in [0, 0.1) is 0 Å². The van der Waals surface area contributed by atoms with Gasteiger partial charge < -0.3 is 15.3 Å². The van der Waals surface area contributed by atoms with Gasteiger partial charge in [0.25, 0.3) is 5.56 Å². The van der Waals surface area contributed by atoms with Crippen LogP contribution in [0.4, 0.5) is 0 Å². The summed E-state index contributed by atoms with van der Waals surface area (Å²) in [6.07, 6.45) is 0.513. The number of carbonyl (C=O) groups is 1. The van der Waals surface area contributed by atoms with Gasteiger partial charge in [0.1, 0.15) is 12.7 Å². The number of amides is 1. The summed E-state index contributed by atoms with van der Waals surface area (Å²) >= 11 is 5.94. The SMILES string of the molecule is O=C1CC(Cn2cnc3ncn(C(O)(O)O)c3c2=O)=NN1C1CC(c2ccc(Cl)cc2)C1. The van der Waals surface area contributed by atoms with Crippen molar-refractivity contribution < 1.29 is 20.1 Å². The topological polar surface area (TPSA) is 146 Å². The lowest BCUT2D eigenvalue weighted by atomic mass is 9.75. The summed E-state index contributed by atoms with van der Waals surface area (Å²) in [6, 6.07) is 7.68. The lowest BCUT2D eigenvalue weighted by Gasteiger charge is -2.39. The van der Waals surface area contributed by atoms with Crippen LogP contribution in [0.3, 0.4) is 0 Å². The number of hydrogen-bond acceptors (Lipinski definition) is 8. The Bertz CT molecular complexity index is 1290. The van der Waals surface area contributed by atoms with E-state index >= 15 is 0 Å². The third-order valence-corrected chi connectivity index (χ3v) is 6.12. The molecule has 0 spiro atoms. The van der Waals surface area contributed by atoms with Crippen molar-refractivity contribution in [1.29, 1.82) is 0 Å². The Hall–Kier alpha value is -3.12. The summed E-state index contributed by atoms with van der Waals surface area (Å²) in [7, 11) is 0. The maximum Gasteiger partial charge on any atom is 0.375 e. The van der Waals surface area contributed by atoms with Crippen LogP contribution in [0.5, 0.6) is 0 Å². The summed E-state index contributed by atoms with van der Waals surface area (Å²) in [6.45, 7) is -0.00217. The molecule has 5 rings (SSSR count). The van der Waals surface area contributed by atoms with Gasteiger partial charge >= 0.3 is 6.10 Å². The van der Waals surface area contributed by atoms with E-state index in [-0.39, 0.29) is 36.1 Å². The van der Waals surface area contributed by atoms with E-state index in [4.69, 9.17) is 11.6 Å². The molecule has 3 N–H and O–H groups in total. The van der Waals surface area contributed by atoms with Crippen LogP contribution < -0.4 is 5.56 Å². The van der Waals surface area contributed by atoms with Crippen molar-refractivity contribution in [3.05, 3.63) is 57.9 Å². The first-order valence-corrected chi connectivity index (χ1v) is 10.3. The zero-order chi connectivity index (χ0) is 22.6. The van der Waals surface area contributed by atoms with Crippen LogP contribution in [-0.4, -0.2) is 57.1 Å². The number of rotatable bonds is 5. The minimum atomic E-state index is -3.29. The first-order valence-electron chi connectivity index (χ1n) is 9.94. The number of nitrogens with zero attached hydrogens (tertiary/aromatic N) is 6. The van der Waals surface area contributed by atoms with E-state index in [2.05, 4.69) is 15.1 Å². The Labute approximate surface area is 185 Å². The van der Waals surface area contributed by atoms with Gasteiger partial charge in [-0.15, -0.1) is 0 Å². The van der Waals surface area contributed by atoms with E-state index < -0.39 is 11.7 Å². The second kappa shape index (κ2) is 7.48. The lowest BCUT2D eigenvalue weighted by molar-refractivity contribution is -0.373. The molecule has 1 aliphatic carbocycles. The van der Waals surface area contributed by atoms with Gasteiger partial charge in [0.05, 0.1) is 24.7 Å². The van der Waals surface area contributed by atoms with Gasteiger partial charge in [-0.3, -0.25) is 14.2 Å². The van der Waals surface area contributed by atoms with Gasteiger partial charge in [-0.25, -0.2) is 19.5 Å². The number of aromatic nitrogens is 4. The molecule has 1 amide bonds. The van der Waals surface area contributed by atoms with E-state index in [0.29, 0.717) is 21.2 Å². The zero-order valence-corrected chi connectivity index (χ0v) is 17.4. The van der Waals surface area contributed by atoms with Gasteiger partial charge in [0, 0.05) is 5.02 Å². The van der Waals surface area contributed by atoms with Crippen LogP contribution in [0.15, 0.2) is 46.8 Å². The average Bonchev–Trinajstić information content (AvgIpc) is 3.29. The number of aliphatic hydroxyl groups is 3. The average molecular weight is 459 g/mol. The summed E-state index contributed by atoms with van der Waals surface area (Å²) in [5.41, 5.74) is 0.668. The van der Waals surface area contributed by atoms with Crippen molar-refractivity contribution in [3.8, 4) is 0 Å². The fourth-order valence-corrected chi connectivity index (χ4v) is 4.27. The molecule has 0 unspecified atom stereocenters. The Morgan fingerprint density at radius 3 is 2.44 bits per heavy atom. The summed E-state index contributed by atoms with van der Waals surface area (Å²) < 4.78 is 1.69. The number of halogens is 1. The standard InChI is InChI=1S/C20H19ClN6O5/c21-13-3-1-11(2-4-13)12-5-15(6-12)27-16(28)7-14(24-27)8-25-9-22-18-17(19(25)29)26(10-23-18)20(30,31)32/h1-4,9-10,12,15,30-32H,5-8H2. The van der Waals surface area contributed by atoms with E-state index in [9.17, 15) is 24.9 Å². The molecular formula is C20H19ClN6O5. The highest BCUT2D eigenvalue weighted by atomic mass is 35.5. The van der Waals surface area contributed by atoms with Crippen LogP contribution in [-0.2, 0) is 17.4 Å². The van der Waals surface area contributed by atoms with E-state index in [1.165, 1.54) is 21.5 Å². The van der Waals surface area contributed by atoms with Gasteiger partial charge in [-0.2, -0.15) is 5.10 Å². The molecule has 166 valence electrons. The molecule has 32 heavy (non-hydrogen) atoms. The second-order valence-corrected chi connectivity index (χ2v) is 8.46. The molecule has 3 heterocycles. The van der Waals surface area contributed by atoms with Crippen molar-refractivity contribution in [2.75, 3.05) is 0 Å². The summed E-state index contributed by atoms with van der Waals surface area (Å²) in [4.78, 5) is 33.1. The molecule has 0 radical (unpaired) electrons. The van der Waals surface area contributed by atoms with Crippen molar-refractivity contribution >= 4 is 34.4 Å². The largest absolute Gasteiger partial charge is 0.375 e. The molecule has 0 saturated heterocycles. The van der Waals surface area contributed by atoms with Gasteiger partial charge in [0.15, 0.2) is 11.2 Å². The predicted molar refractivity (Wildman–Crippen MR) is 113 cm³/mol. The number of hydrogen-bond donors (Lipinski definition) is 3. The highest BCUT2D eigenvalue weighted by Gasteiger charge is 2.39. The number of fused-ring (bicyclic) bond motifs is 1. The monoisotopic (exact) mass is 458 g/mol. The van der Waals surface area contributed by atoms with E-state index in [0.717, 1.165) is 19.2 Å². The first-order chi connectivity index (χ1) is 15.2. The van der Waals surface area contributed by atoms with Gasteiger partial charge in [-0.1, -0.05) is 23.7 Å². The fourth-order valence-electron chi connectivity index (χ4n) is 4.15. The molecular weight excluding hydrogens is 440 g/mol. The summed E-state index contributed by atoms with van der Waals surface area (Å²) in [5.74, 6) is 0.210. The number of imidazole rings is 1. The van der Waals surface area contributed by atoms with Crippen molar-refractivity contribution in [2.45, 2.75) is 43.9 Å². The lowest BCUT2D eigenvalue weighted by Crippen LogP contribution is -2.42. The number of hydrazone groups is 1. The first kappa shape index (κ1) is 20.8. The van der Waals surface area contributed by atoms with Crippen LogP contribution >= 0.6 is 11.6 Å². The van der Waals surface area contributed by atoms with E-state index in [1.807, 2.05) is 24.3 Å². The number of carbonyl (C=O) groups excluding carboxylic acids is 1. The molecule has 12 heteroatoms. The molecule has 0 bridgehead atoms.